The van der Waals surface area contributed by atoms with E-state index in [1.165, 1.54) is 113 Å². The van der Waals surface area contributed by atoms with Crippen molar-refractivity contribution >= 4 is 51.3 Å². The fraction of sp³-hybridized carbons (Fsp3) is 0.479. The van der Waals surface area contributed by atoms with E-state index in [1.807, 2.05) is 0 Å². The number of carboxylic acids is 5. The smallest absolute Gasteiger partial charge is 0.339 e. The van der Waals surface area contributed by atoms with Crippen LogP contribution >= 0.6 is 0 Å². The second kappa shape index (κ2) is 39.6. The number of carboxylic acid groups (broad SMARTS) is 5. The number of aromatic carboxylic acids is 2. The van der Waals surface area contributed by atoms with Crippen molar-refractivity contribution in [2.24, 2.45) is 0 Å². The molecule has 0 aliphatic heterocycles. The molecule has 0 unspecified atom stereocenters. The van der Waals surface area contributed by atoms with Gasteiger partial charge in [-0.15, -0.1) is 0 Å². The Balaban J connectivity index is 0. The number of para-hydroxylation sites is 2. The Kier molecular flexibility index (Phi) is 37.3. The van der Waals surface area contributed by atoms with Crippen LogP contribution in [0.5, 0.6) is 5.75 Å². The fourth-order valence-corrected chi connectivity index (χ4v) is 6.07. The van der Waals surface area contributed by atoms with E-state index < -0.39 is 40.0 Å². The lowest BCUT2D eigenvalue weighted by molar-refractivity contribution is -0.138. The maximum Gasteiger partial charge on any atom is 0.339 e. The van der Waals surface area contributed by atoms with Crippen molar-refractivity contribution in [1.82, 2.24) is 0 Å². The highest BCUT2D eigenvalue weighted by atomic mass is 32.2. The quantitative estimate of drug-likeness (QED) is 0.0148. The lowest BCUT2D eigenvalue weighted by Gasteiger charge is -1.99. The molecular formula is C48H72N2O14S. The van der Waals surface area contributed by atoms with Crippen LogP contribution in [-0.2, 0) is 24.5 Å². The molecule has 0 aliphatic carbocycles. The summed E-state index contributed by atoms with van der Waals surface area (Å²) in [5.74, 6) is -4.44. The second-order valence-corrected chi connectivity index (χ2v) is 16.3. The van der Waals surface area contributed by atoms with Gasteiger partial charge in [-0.1, -0.05) is 120 Å². The van der Waals surface area contributed by atoms with Crippen LogP contribution in [0.15, 0.2) is 89.8 Å². The molecule has 0 amide bonds. The molecule has 3 rings (SSSR count). The monoisotopic (exact) mass is 932 g/mol. The van der Waals surface area contributed by atoms with E-state index in [0.29, 0.717) is 17.8 Å². The second-order valence-electron chi connectivity index (χ2n) is 14.9. The molecule has 0 aliphatic rings. The summed E-state index contributed by atoms with van der Waals surface area (Å²) < 4.78 is 29.4. The summed E-state index contributed by atoms with van der Waals surface area (Å²) >= 11 is 0. The number of aliphatic carboxylic acids is 3. The van der Waals surface area contributed by atoms with Crippen molar-refractivity contribution in [2.45, 2.75) is 153 Å². The highest BCUT2D eigenvalue weighted by Gasteiger charge is 2.08. The Morgan fingerprint density at radius 2 is 0.846 bits per heavy atom. The van der Waals surface area contributed by atoms with E-state index in [-0.39, 0.29) is 34.6 Å². The first-order valence-corrected chi connectivity index (χ1v) is 23.5. The summed E-state index contributed by atoms with van der Waals surface area (Å²) in [4.78, 5) is 51.1. The van der Waals surface area contributed by atoms with Gasteiger partial charge in [0.1, 0.15) is 11.3 Å². The van der Waals surface area contributed by atoms with Crippen LogP contribution < -0.4 is 11.5 Å². The number of hydrogen-bond acceptors (Lipinski definition) is 10. The lowest BCUT2D eigenvalue weighted by Crippen LogP contribution is -2.00. The minimum Gasteiger partial charge on any atom is -0.507 e. The summed E-state index contributed by atoms with van der Waals surface area (Å²) in [5.41, 5.74) is 11.5. The molecule has 0 saturated carbocycles. The number of phenols is 1. The van der Waals surface area contributed by atoms with Gasteiger partial charge in [0.25, 0.3) is 10.1 Å². The van der Waals surface area contributed by atoms with Crippen LogP contribution in [0, 0.1) is 0 Å². The third-order valence-electron chi connectivity index (χ3n) is 9.19. The van der Waals surface area contributed by atoms with Crippen molar-refractivity contribution in [2.75, 3.05) is 11.5 Å². The van der Waals surface area contributed by atoms with Gasteiger partial charge < -0.3 is 42.1 Å². The standard InChI is InChI=1S/C18H34O2.C10H18O4.C7H7NO2.C7H6O3.C6H7NO3S/c1-2-3-4-5-6-7-8-9-10-11-12-13-14-15-16-17-18(19)20;11-9(12)7-5-3-1-2-4-6-8-10(13)14;2*8-6-4-2-1-3-5(6)7(9)10;7-5-1-3-6(4-2-5)11(8,9)10/h9-10H,2-8,11-17H2,1H3,(H,19,20);1-8H2,(H,11,12)(H,13,14);1-4H,8H2,(H,9,10);1-4,8H,(H,9,10);1-4H,7H2,(H,8,9,10)/b10-9-;;;;. The molecular weight excluding hydrogens is 861 g/mol. The first-order chi connectivity index (χ1) is 30.8. The van der Waals surface area contributed by atoms with Crippen LogP contribution in [0.3, 0.4) is 0 Å². The molecule has 3 aromatic carbocycles. The van der Waals surface area contributed by atoms with Gasteiger partial charge in [0.05, 0.1) is 10.5 Å². The van der Waals surface area contributed by atoms with Crippen LogP contribution in [-0.4, -0.2) is 73.5 Å². The van der Waals surface area contributed by atoms with Crippen molar-refractivity contribution in [3.8, 4) is 5.75 Å². The van der Waals surface area contributed by atoms with Gasteiger partial charge in [-0.05, 0) is 93.5 Å². The van der Waals surface area contributed by atoms with Gasteiger partial charge in [0, 0.05) is 30.6 Å². The summed E-state index contributed by atoms with van der Waals surface area (Å²) in [6.45, 7) is 2.26. The fourth-order valence-electron chi connectivity index (χ4n) is 5.59. The number of anilines is 2. The van der Waals surface area contributed by atoms with Gasteiger partial charge >= 0.3 is 29.8 Å². The summed E-state index contributed by atoms with van der Waals surface area (Å²) in [7, 11) is -4.08. The molecule has 11 N–H and O–H groups in total. The van der Waals surface area contributed by atoms with E-state index in [4.69, 9.17) is 46.7 Å². The zero-order chi connectivity index (χ0) is 49.3. The maximum atomic E-state index is 10.5. The first kappa shape index (κ1) is 61.1. The third kappa shape index (κ3) is 39.4. The molecule has 0 spiro atoms. The minimum absolute atomic E-state index is 0.0671. The van der Waals surface area contributed by atoms with Crippen molar-refractivity contribution in [3.63, 3.8) is 0 Å². The lowest BCUT2D eigenvalue weighted by atomic mass is 10.1. The number of allylic oxidation sites excluding steroid dienone is 2. The number of nitrogen functional groups attached to an aromatic ring is 2. The molecule has 0 heterocycles. The van der Waals surface area contributed by atoms with E-state index in [9.17, 15) is 32.4 Å². The van der Waals surface area contributed by atoms with Crippen LogP contribution in [0.25, 0.3) is 0 Å². The highest BCUT2D eigenvalue weighted by Crippen LogP contribution is 2.15. The summed E-state index contributed by atoms with van der Waals surface area (Å²) in [6.07, 6.45) is 27.1. The Morgan fingerprint density at radius 1 is 0.492 bits per heavy atom. The van der Waals surface area contributed by atoms with Crippen LogP contribution in [0.4, 0.5) is 11.4 Å². The number of carbonyl (C=O) groups is 5. The Labute approximate surface area is 384 Å². The zero-order valence-electron chi connectivity index (χ0n) is 37.7. The Hall–Kier alpha value is -5.94. The average Bonchev–Trinajstić information content (AvgIpc) is 3.24. The molecule has 16 nitrogen and oxygen atoms in total. The van der Waals surface area contributed by atoms with E-state index in [0.717, 1.165) is 51.4 Å². The molecule has 0 atom stereocenters. The van der Waals surface area contributed by atoms with Gasteiger partial charge in [0.2, 0.25) is 0 Å². The average molecular weight is 933 g/mol. The number of aromatic hydroxyl groups is 1. The van der Waals surface area contributed by atoms with Gasteiger partial charge in [-0.3, -0.25) is 18.9 Å². The molecule has 0 radical (unpaired) electrons. The molecule has 65 heavy (non-hydrogen) atoms. The zero-order valence-corrected chi connectivity index (χ0v) is 38.5. The highest BCUT2D eigenvalue weighted by molar-refractivity contribution is 7.85. The van der Waals surface area contributed by atoms with Gasteiger partial charge in [0.15, 0.2) is 0 Å². The Bertz CT molecular complexity index is 1830. The van der Waals surface area contributed by atoms with Crippen LogP contribution in [0.1, 0.15) is 169 Å². The minimum atomic E-state index is -4.08. The first-order valence-electron chi connectivity index (χ1n) is 22.1. The van der Waals surface area contributed by atoms with Crippen LogP contribution in [0.2, 0.25) is 0 Å². The van der Waals surface area contributed by atoms with E-state index in [2.05, 4.69) is 19.1 Å². The molecule has 0 fully saturated rings. The van der Waals surface area contributed by atoms with Crippen molar-refractivity contribution in [3.05, 3.63) is 96.1 Å². The molecule has 17 heteroatoms. The molecule has 364 valence electrons. The SMILES string of the molecule is CCCCCCCC/C=C\CCCCCCCC(=O)O.Nc1ccc(S(=O)(=O)O)cc1.Nc1ccccc1C(=O)O.O=C(O)CCCCCCCCC(=O)O.O=C(O)c1ccccc1O. The van der Waals surface area contributed by atoms with Crippen molar-refractivity contribution in [1.29, 1.82) is 0 Å². The van der Waals surface area contributed by atoms with E-state index in [1.54, 1.807) is 30.3 Å². The molecule has 0 aromatic heterocycles. The van der Waals surface area contributed by atoms with Crippen molar-refractivity contribution < 1.29 is 67.6 Å². The molecule has 3 aromatic rings. The topological polar surface area (TPSA) is 313 Å². The number of nitrogens with two attached hydrogens (primary N) is 2. The summed E-state index contributed by atoms with van der Waals surface area (Å²) in [6, 6.07) is 17.5. The van der Waals surface area contributed by atoms with Gasteiger partial charge in [-0.25, -0.2) is 9.59 Å². The number of hydrogen-bond donors (Lipinski definition) is 9. The number of benzene rings is 3. The predicted octanol–water partition coefficient (Wildman–Crippen LogP) is 11.0. The molecule has 0 saturated heterocycles. The number of rotatable bonds is 27. The largest absolute Gasteiger partial charge is 0.507 e. The molecule has 0 bridgehead atoms. The maximum absolute atomic E-state index is 10.5. The third-order valence-corrected chi connectivity index (χ3v) is 10.1. The van der Waals surface area contributed by atoms with Gasteiger partial charge in [-0.2, -0.15) is 8.42 Å². The number of unbranched alkanes of at least 4 members (excludes halogenated alkanes) is 16. The predicted molar refractivity (Wildman–Crippen MR) is 253 cm³/mol. The Morgan fingerprint density at radius 3 is 1.17 bits per heavy atom. The normalized spacial score (nSPS) is 10.4. The van der Waals surface area contributed by atoms with E-state index >= 15 is 0 Å². The summed E-state index contributed by atoms with van der Waals surface area (Å²) in [5, 5.41) is 51.0.